The predicted octanol–water partition coefficient (Wildman–Crippen LogP) is 5.91. The van der Waals surface area contributed by atoms with Crippen LogP contribution in [0.3, 0.4) is 0 Å². The van der Waals surface area contributed by atoms with Crippen molar-refractivity contribution in [2.75, 3.05) is 7.11 Å². The first-order chi connectivity index (χ1) is 12.1. The lowest BCUT2D eigenvalue weighted by atomic mass is 10.0. The third-order valence-corrected chi connectivity index (χ3v) is 5.21. The number of esters is 1. The molecule has 0 saturated carbocycles. The molecule has 3 aromatic carbocycles. The summed E-state index contributed by atoms with van der Waals surface area (Å²) in [6.45, 7) is 4.26. The molecule has 0 aliphatic carbocycles. The molecule has 0 aliphatic heterocycles. The van der Waals surface area contributed by atoms with Crippen molar-refractivity contribution in [3.63, 3.8) is 0 Å². The zero-order chi connectivity index (χ0) is 17.8. The Morgan fingerprint density at radius 1 is 0.880 bits per heavy atom. The molecule has 3 heteroatoms. The molecule has 0 N–H and O–H groups in total. The normalized spacial score (nSPS) is 10.5. The zero-order valence-corrected chi connectivity index (χ0v) is 15.4. The van der Waals surface area contributed by atoms with E-state index < -0.39 is 0 Å². The van der Waals surface area contributed by atoms with E-state index in [1.54, 1.807) is 17.8 Å². The van der Waals surface area contributed by atoms with Gasteiger partial charge in [0.1, 0.15) is 0 Å². The Bertz CT molecular complexity index is 901. The van der Waals surface area contributed by atoms with Crippen LogP contribution in [0.25, 0.3) is 11.1 Å². The SMILES string of the molecule is COC(=O)c1cccc(Sc2cc(C)c(C)cc2-c2ccccc2)c1. The summed E-state index contributed by atoms with van der Waals surface area (Å²) in [5, 5.41) is 0. The second-order valence-electron chi connectivity index (χ2n) is 5.92. The van der Waals surface area contributed by atoms with Gasteiger partial charge in [0.25, 0.3) is 0 Å². The maximum atomic E-state index is 11.8. The third kappa shape index (κ3) is 3.94. The van der Waals surface area contributed by atoms with E-state index in [9.17, 15) is 4.79 Å². The molecule has 0 spiro atoms. The van der Waals surface area contributed by atoms with Crippen molar-refractivity contribution in [2.24, 2.45) is 0 Å². The van der Waals surface area contributed by atoms with Gasteiger partial charge in [-0.3, -0.25) is 0 Å². The average molecular weight is 348 g/mol. The number of hydrogen-bond donors (Lipinski definition) is 0. The summed E-state index contributed by atoms with van der Waals surface area (Å²) in [5.74, 6) is -0.314. The van der Waals surface area contributed by atoms with Gasteiger partial charge in [-0.25, -0.2) is 4.79 Å². The molecule has 0 bridgehead atoms. The van der Waals surface area contributed by atoms with E-state index in [0.29, 0.717) is 5.56 Å². The summed E-state index contributed by atoms with van der Waals surface area (Å²) in [7, 11) is 1.40. The maximum Gasteiger partial charge on any atom is 0.337 e. The first kappa shape index (κ1) is 17.3. The highest BCUT2D eigenvalue weighted by Crippen LogP contribution is 2.38. The van der Waals surface area contributed by atoms with Crippen LogP contribution in [0.2, 0.25) is 0 Å². The third-order valence-electron chi connectivity index (χ3n) is 4.16. The number of benzene rings is 3. The van der Waals surface area contributed by atoms with Crippen molar-refractivity contribution in [3.8, 4) is 11.1 Å². The van der Waals surface area contributed by atoms with Crippen LogP contribution in [-0.4, -0.2) is 13.1 Å². The highest BCUT2D eigenvalue weighted by Gasteiger charge is 2.11. The number of carbonyl (C=O) groups excluding carboxylic acids is 1. The summed E-state index contributed by atoms with van der Waals surface area (Å²) in [6, 6.07) is 22.4. The number of rotatable bonds is 4. The minimum absolute atomic E-state index is 0.314. The number of ether oxygens (including phenoxy) is 1. The molecular formula is C22H20O2S. The molecule has 0 unspecified atom stereocenters. The van der Waals surface area contributed by atoms with E-state index in [4.69, 9.17) is 4.74 Å². The maximum absolute atomic E-state index is 11.8. The Kier molecular flexibility index (Phi) is 5.25. The molecule has 0 aromatic heterocycles. The van der Waals surface area contributed by atoms with E-state index in [-0.39, 0.29) is 5.97 Å². The molecule has 3 rings (SSSR count). The molecule has 0 radical (unpaired) electrons. The fraction of sp³-hybridized carbons (Fsp3) is 0.136. The fourth-order valence-electron chi connectivity index (χ4n) is 2.65. The molecule has 0 atom stereocenters. The highest BCUT2D eigenvalue weighted by molar-refractivity contribution is 7.99. The number of hydrogen-bond acceptors (Lipinski definition) is 3. The minimum atomic E-state index is -0.314. The van der Waals surface area contributed by atoms with Crippen molar-refractivity contribution < 1.29 is 9.53 Å². The van der Waals surface area contributed by atoms with Crippen molar-refractivity contribution >= 4 is 17.7 Å². The first-order valence-electron chi connectivity index (χ1n) is 8.11. The van der Waals surface area contributed by atoms with Gasteiger partial charge in [0.2, 0.25) is 0 Å². The molecule has 0 heterocycles. The van der Waals surface area contributed by atoms with Gasteiger partial charge < -0.3 is 4.74 Å². The van der Waals surface area contributed by atoms with Gasteiger partial charge in [-0.2, -0.15) is 0 Å². The highest BCUT2D eigenvalue weighted by atomic mass is 32.2. The van der Waals surface area contributed by atoms with Crippen LogP contribution in [0.5, 0.6) is 0 Å². The Balaban J connectivity index is 2.03. The van der Waals surface area contributed by atoms with Crippen molar-refractivity contribution in [3.05, 3.63) is 83.4 Å². The molecule has 126 valence electrons. The second-order valence-corrected chi connectivity index (χ2v) is 7.04. The zero-order valence-electron chi connectivity index (χ0n) is 14.6. The Morgan fingerprint density at radius 3 is 2.32 bits per heavy atom. The average Bonchev–Trinajstić information content (AvgIpc) is 2.65. The van der Waals surface area contributed by atoms with Crippen LogP contribution in [0.4, 0.5) is 0 Å². The van der Waals surface area contributed by atoms with Crippen LogP contribution >= 0.6 is 11.8 Å². The van der Waals surface area contributed by atoms with E-state index in [2.05, 4.69) is 50.2 Å². The van der Waals surface area contributed by atoms with Crippen LogP contribution in [0, 0.1) is 13.8 Å². The second kappa shape index (κ2) is 7.58. The molecule has 0 amide bonds. The summed E-state index contributed by atoms with van der Waals surface area (Å²) in [5.41, 5.74) is 5.49. The minimum Gasteiger partial charge on any atom is -0.465 e. The number of carbonyl (C=O) groups is 1. The lowest BCUT2D eigenvalue weighted by Gasteiger charge is -2.13. The summed E-state index contributed by atoms with van der Waals surface area (Å²) < 4.78 is 4.82. The Labute approximate surface area is 152 Å². The number of aryl methyl sites for hydroxylation is 2. The van der Waals surface area contributed by atoms with Crippen molar-refractivity contribution in [1.29, 1.82) is 0 Å². The monoisotopic (exact) mass is 348 g/mol. The van der Waals surface area contributed by atoms with Crippen molar-refractivity contribution in [1.82, 2.24) is 0 Å². The summed E-state index contributed by atoms with van der Waals surface area (Å²) in [6.07, 6.45) is 0. The molecule has 2 nitrogen and oxygen atoms in total. The molecule has 0 fully saturated rings. The topological polar surface area (TPSA) is 26.3 Å². The van der Waals surface area contributed by atoms with Gasteiger partial charge in [-0.05, 0) is 60.4 Å². The van der Waals surface area contributed by atoms with Gasteiger partial charge in [0.05, 0.1) is 12.7 Å². The Morgan fingerprint density at radius 2 is 1.60 bits per heavy atom. The lowest BCUT2D eigenvalue weighted by Crippen LogP contribution is -2.00. The standard InChI is InChI=1S/C22H20O2S/c1-15-12-20(17-8-5-4-6-9-17)21(13-16(15)2)25-19-11-7-10-18(14-19)22(23)24-3/h4-14H,1-3H3. The van der Waals surface area contributed by atoms with Crippen LogP contribution in [-0.2, 0) is 4.74 Å². The van der Waals surface area contributed by atoms with Gasteiger partial charge in [0.15, 0.2) is 0 Å². The van der Waals surface area contributed by atoms with E-state index in [1.807, 2.05) is 24.3 Å². The molecule has 0 saturated heterocycles. The van der Waals surface area contributed by atoms with Crippen LogP contribution in [0.1, 0.15) is 21.5 Å². The molecule has 25 heavy (non-hydrogen) atoms. The Hall–Kier alpha value is -2.52. The summed E-state index contributed by atoms with van der Waals surface area (Å²) in [4.78, 5) is 14.0. The summed E-state index contributed by atoms with van der Waals surface area (Å²) >= 11 is 1.67. The first-order valence-corrected chi connectivity index (χ1v) is 8.93. The molecular weight excluding hydrogens is 328 g/mol. The van der Waals surface area contributed by atoms with Crippen LogP contribution < -0.4 is 0 Å². The van der Waals surface area contributed by atoms with E-state index in [0.717, 1.165) is 4.90 Å². The lowest BCUT2D eigenvalue weighted by molar-refractivity contribution is 0.0600. The smallest absolute Gasteiger partial charge is 0.337 e. The predicted molar refractivity (Wildman–Crippen MR) is 103 cm³/mol. The number of methoxy groups -OCH3 is 1. The van der Waals surface area contributed by atoms with E-state index in [1.165, 1.54) is 34.3 Å². The quantitative estimate of drug-likeness (QED) is 0.548. The molecule has 0 aliphatic rings. The largest absolute Gasteiger partial charge is 0.465 e. The van der Waals surface area contributed by atoms with Gasteiger partial charge in [-0.1, -0.05) is 54.2 Å². The van der Waals surface area contributed by atoms with Crippen molar-refractivity contribution in [2.45, 2.75) is 23.6 Å². The van der Waals surface area contributed by atoms with Gasteiger partial charge in [0, 0.05) is 9.79 Å². The fourth-order valence-corrected chi connectivity index (χ4v) is 3.76. The van der Waals surface area contributed by atoms with Crippen LogP contribution in [0.15, 0.2) is 76.5 Å². The van der Waals surface area contributed by atoms with E-state index >= 15 is 0 Å². The van der Waals surface area contributed by atoms with Gasteiger partial charge in [-0.15, -0.1) is 0 Å². The molecule has 3 aromatic rings. The van der Waals surface area contributed by atoms with Gasteiger partial charge >= 0.3 is 5.97 Å².